The summed E-state index contributed by atoms with van der Waals surface area (Å²) in [6, 6.07) is 0. The summed E-state index contributed by atoms with van der Waals surface area (Å²) in [7, 11) is -35.4. The topological polar surface area (TPSA) is 326 Å². The minimum absolute atomic E-state index is 1.21. The molecule has 0 saturated heterocycles. The summed E-state index contributed by atoms with van der Waals surface area (Å²) >= 11 is 0. The van der Waals surface area contributed by atoms with Gasteiger partial charge >= 0.3 is 55.2 Å². The third-order valence-electron chi connectivity index (χ3n) is 6.17. The van der Waals surface area contributed by atoms with Gasteiger partial charge in [0.15, 0.2) is 8.32 Å². The Hall–Kier alpha value is 3.93. The molecule has 43 heteroatoms. The van der Waals surface area contributed by atoms with Crippen molar-refractivity contribution >= 4 is 192 Å². The Morgan fingerprint density at radius 1 is 0.600 bits per heavy atom. The fourth-order valence-electron chi connectivity index (χ4n) is 4.36. The Balaban J connectivity index is 10.0. The Bertz CT molecular complexity index is 934. The smallest absolute Gasteiger partial charge is 0.420 e. The molecule has 4 unspecified atom stereocenters. The van der Waals surface area contributed by atoms with Gasteiger partial charge in [0.2, 0.25) is 68.7 Å². The summed E-state index contributed by atoms with van der Waals surface area (Å²) in [5.74, 6) is 0. The fraction of sp³-hybridized carbons (Fsp3) is 1.00. The molecule has 4 atom stereocenters. The van der Waals surface area contributed by atoms with Gasteiger partial charge in [-0.3, -0.25) is 0 Å². The normalized spacial score (nSPS) is 18.2. The molecule has 0 aliphatic rings. The van der Waals surface area contributed by atoms with Gasteiger partial charge in [0, 0.05) is 7.11 Å². The monoisotopic (exact) mass is 1070 g/mol. The first-order chi connectivity index (χ1) is 23.2. The van der Waals surface area contributed by atoms with E-state index in [1.165, 1.54) is 26.8 Å². The van der Waals surface area contributed by atoms with Gasteiger partial charge in [-0.25, -0.2) is 0 Å². The Morgan fingerprint density at radius 3 is 1.30 bits per heavy atom. The zero-order chi connectivity index (χ0) is 39.3. The molecular formula is C7H34O21Si22. The van der Waals surface area contributed by atoms with Crippen LogP contribution in [-0.4, -0.2) is 256 Å². The number of hydrogen-bond donors (Lipinski definition) is 12. The van der Waals surface area contributed by atoms with Crippen LogP contribution in [0.15, 0.2) is 0 Å². The molecule has 0 aliphatic carbocycles. The molecule has 0 fully saturated rings. The molecule has 0 bridgehead atoms. The molecule has 50 heavy (non-hydrogen) atoms. The van der Waals surface area contributed by atoms with Crippen LogP contribution in [-0.2, 0) is 37.3 Å². The van der Waals surface area contributed by atoms with E-state index in [0.717, 1.165) is 0 Å². The average Bonchev–Trinajstić information content (AvgIpc) is 3.06. The van der Waals surface area contributed by atoms with Gasteiger partial charge in [0.05, 0.1) is 9.76 Å². The van der Waals surface area contributed by atoms with E-state index in [9.17, 15) is 57.5 Å². The lowest BCUT2D eigenvalue weighted by atomic mass is 11.8. The zero-order valence-corrected chi connectivity index (χ0v) is 49.3. The highest BCUT2D eigenvalue weighted by atomic mass is 30.4. The molecule has 0 aromatic heterocycles. The van der Waals surface area contributed by atoms with Gasteiger partial charge in [-0.05, 0) is 39.3 Å². The SMILES string of the molecule is CO[Si](C)([Si])O[Si]([Si](O[Si]O)([Si]O)[Si]O)([Si](O[Si]O)([Si]O)[Si]O)[Si](O[SiH](C)O[Si](C)(C)C)(O[Si](O[Si]O)([Si]O)[Si]O)[Si](O[Si]O)([Si]O)[Si](C)O. The summed E-state index contributed by atoms with van der Waals surface area (Å²) in [6.07, 6.45) is 0. The van der Waals surface area contributed by atoms with Crippen LogP contribution in [0.3, 0.4) is 0 Å². The third kappa shape index (κ3) is 11.6. The summed E-state index contributed by atoms with van der Waals surface area (Å²) in [6.45, 7) is -10.9. The van der Waals surface area contributed by atoms with Crippen LogP contribution >= 0.6 is 0 Å². The first-order valence-electron chi connectivity index (χ1n) is 13.0. The van der Waals surface area contributed by atoms with Crippen molar-refractivity contribution in [2.45, 2.75) is 39.3 Å². The quantitative estimate of drug-likeness (QED) is 0.0310. The van der Waals surface area contributed by atoms with Crippen molar-refractivity contribution in [2.75, 3.05) is 7.11 Å². The van der Waals surface area contributed by atoms with Crippen LogP contribution in [0.5, 0.6) is 0 Å². The van der Waals surface area contributed by atoms with E-state index in [1.54, 1.807) is 19.6 Å². The van der Waals surface area contributed by atoms with Crippen molar-refractivity contribution in [2.24, 2.45) is 0 Å². The van der Waals surface area contributed by atoms with Crippen molar-refractivity contribution in [3.8, 4) is 0 Å². The van der Waals surface area contributed by atoms with E-state index in [2.05, 4.69) is 9.76 Å². The minimum atomic E-state index is -5.68. The van der Waals surface area contributed by atoms with Crippen LogP contribution in [0, 0.1) is 0 Å². The maximum absolute atomic E-state index is 11.9. The van der Waals surface area contributed by atoms with E-state index < -0.39 is 182 Å². The Kier molecular flexibility index (Phi) is 25.4. The molecule has 21 nitrogen and oxygen atoms in total. The highest BCUT2D eigenvalue weighted by Crippen LogP contribution is 2.45. The van der Waals surface area contributed by atoms with Gasteiger partial charge in [-0.2, -0.15) is 0 Å². The van der Waals surface area contributed by atoms with Gasteiger partial charge < -0.3 is 94.9 Å². The third-order valence-corrected chi connectivity index (χ3v) is 163. The number of rotatable bonds is 29. The molecule has 0 saturated carbocycles. The highest BCUT2D eigenvalue weighted by molar-refractivity contribution is 8.16. The fourth-order valence-corrected chi connectivity index (χ4v) is 266. The summed E-state index contributed by atoms with van der Waals surface area (Å²) in [5, 5.41) is 0. The average molecular weight is 1070 g/mol. The first kappa shape index (κ1) is 53.9. The largest absolute Gasteiger partial charge is 0.439 e. The van der Waals surface area contributed by atoms with Crippen molar-refractivity contribution in [3.63, 3.8) is 0 Å². The van der Waals surface area contributed by atoms with Crippen molar-refractivity contribution in [1.29, 1.82) is 0 Å². The molecule has 0 aliphatic heterocycles. The van der Waals surface area contributed by atoms with Crippen molar-refractivity contribution in [3.05, 3.63) is 0 Å². The van der Waals surface area contributed by atoms with E-state index in [0.29, 0.717) is 0 Å². The maximum Gasteiger partial charge on any atom is 0.420 e. The molecule has 0 heterocycles. The molecule has 0 aromatic carbocycles. The van der Waals surface area contributed by atoms with Gasteiger partial charge in [0.25, 0.3) is 49.7 Å². The second-order valence-corrected chi connectivity index (χ2v) is 100. The highest BCUT2D eigenvalue weighted by Gasteiger charge is 2.92. The first-order valence-corrected chi connectivity index (χ1v) is 57.5. The molecule has 12 N–H and O–H groups in total. The molecular weight excluding hydrogens is 1040 g/mol. The Morgan fingerprint density at radius 2 is 1.02 bits per heavy atom. The summed E-state index contributed by atoms with van der Waals surface area (Å²) in [4.78, 5) is 132. The van der Waals surface area contributed by atoms with Gasteiger partial charge in [0.1, 0.15) is 0 Å². The van der Waals surface area contributed by atoms with Crippen LogP contribution in [0.25, 0.3) is 0 Å². The van der Waals surface area contributed by atoms with E-state index in [-0.39, 0.29) is 0 Å². The molecule has 0 aromatic rings. The minimum Gasteiger partial charge on any atom is -0.439 e. The summed E-state index contributed by atoms with van der Waals surface area (Å²) in [5.41, 5.74) is 0. The van der Waals surface area contributed by atoms with E-state index in [4.69, 9.17) is 37.3 Å². The predicted octanol–water partition coefficient (Wildman–Crippen LogP) is -12.3. The van der Waals surface area contributed by atoms with Crippen molar-refractivity contribution < 1.29 is 94.9 Å². The van der Waals surface area contributed by atoms with Gasteiger partial charge in [-0.1, -0.05) is 0 Å². The Labute approximate surface area is 330 Å². The second kappa shape index (κ2) is 23.5. The second-order valence-electron chi connectivity index (χ2n) is 10.4. The van der Waals surface area contributed by atoms with E-state index in [1.807, 2.05) is 0 Å². The molecule has 26 radical (unpaired) electrons. The van der Waals surface area contributed by atoms with Crippen LogP contribution < -0.4 is 0 Å². The summed E-state index contributed by atoms with van der Waals surface area (Å²) < 4.78 is 56.7. The van der Waals surface area contributed by atoms with E-state index >= 15 is 0 Å². The van der Waals surface area contributed by atoms with Crippen LogP contribution in [0.4, 0.5) is 0 Å². The molecule has 0 amide bonds. The lowest BCUT2D eigenvalue weighted by Gasteiger charge is -2.64. The molecule has 0 rings (SSSR count). The standard InChI is InChI=1S/C7H34O21Si22/c1-20-44(7,29)27-50(47(36-14,37-15)22-31-9,48(38-16,39-17)23-32-10)46(26-42(3)25-43(4,5)6,28-45(34-12,35-13)21-30-8)49(40-18,24-33-11)41(2)19/h8-19,42H,1-7H3. The van der Waals surface area contributed by atoms with Crippen LogP contribution in [0.1, 0.15) is 0 Å². The lowest BCUT2D eigenvalue weighted by Crippen LogP contribution is -3.07. The maximum atomic E-state index is 11.9. The lowest BCUT2D eigenvalue weighted by molar-refractivity contribution is 0.306. The predicted molar refractivity (Wildman–Crippen MR) is 205 cm³/mol. The molecule has 0 spiro atoms. The number of hydrogen-bond acceptors (Lipinski definition) is 21. The zero-order valence-electron chi connectivity index (χ0n) is 27.1. The van der Waals surface area contributed by atoms with Crippen molar-refractivity contribution in [1.82, 2.24) is 0 Å². The van der Waals surface area contributed by atoms with Crippen LogP contribution in [0.2, 0.25) is 39.3 Å². The van der Waals surface area contributed by atoms with Gasteiger partial charge in [-0.15, -0.1) is 0 Å². The molecule has 276 valence electrons.